The zero-order valence-corrected chi connectivity index (χ0v) is 24.4. The minimum Gasteiger partial charge on any atom is -0.493 e. The first-order valence-electron chi connectivity index (χ1n) is 12.9. The van der Waals surface area contributed by atoms with Crippen molar-refractivity contribution >= 4 is 39.1 Å². The van der Waals surface area contributed by atoms with E-state index in [0.717, 1.165) is 11.3 Å². The number of aromatic nitrogens is 5. The highest BCUT2D eigenvalue weighted by atomic mass is 32.1. The van der Waals surface area contributed by atoms with Crippen molar-refractivity contribution in [3.05, 3.63) is 64.7 Å². The lowest BCUT2D eigenvalue weighted by atomic mass is 10.0. The van der Waals surface area contributed by atoms with Crippen molar-refractivity contribution in [2.24, 2.45) is 5.73 Å². The number of hydrogen-bond acceptors (Lipinski definition) is 9. The number of hydrogen-bond donors (Lipinski definition) is 2. The van der Waals surface area contributed by atoms with Gasteiger partial charge in [-0.3, -0.25) is 14.3 Å². The third kappa shape index (κ3) is 5.70. The number of amides is 2. The summed E-state index contributed by atoms with van der Waals surface area (Å²) in [5.41, 5.74) is 6.68. The van der Waals surface area contributed by atoms with E-state index in [-0.39, 0.29) is 27.8 Å². The fraction of sp³-hybridized carbons (Fsp3) is 0.250. The number of nitrogens with zero attached hydrogens (tertiary/aromatic N) is 5. The molecule has 0 aliphatic heterocycles. The molecule has 3 N–H and O–H groups in total. The summed E-state index contributed by atoms with van der Waals surface area (Å²) in [6, 6.07) is 7.87. The molecule has 4 aromatic heterocycles. The number of carbonyl (C=O) groups is 2. The van der Waals surface area contributed by atoms with Crippen molar-refractivity contribution in [2.75, 3.05) is 19.5 Å². The zero-order valence-electron chi connectivity index (χ0n) is 23.6. The third-order valence-corrected chi connectivity index (χ3v) is 7.62. The molecule has 5 aromatic rings. The summed E-state index contributed by atoms with van der Waals surface area (Å²) in [4.78, 5) is 30.0. The molecular formula is C28H27F2N7O5S. The molecule has 5 rings (SSSR count). The topological polar surface area (TPSA) is 148 Å². The number of alkyl halides is 2. The van der Waals surface area contributed by atoms with E-state index in [0.29, 0.717) is 46.0 Å². The lowest BCUT2D eigenvalue weighted by Gasteiger charge is -2.13. The number of methoxy groups -OCH3 is 2. The van der Waals surface area contributed by atoms with Crippen molar-refractivity contribution in [3.63, 3.8) is 0 Å². The number of fused-ring (bicyclic) bond motifs is 1. The van der Waals surface area contributed by atoms with Crippen LogP contribution in [0.1, 0.15) is 44.9 Å². The maximum absolute atomic E-state index is 13.8. The maximum Gasteiger partial charge on any atom is 0.280 e. The molecule has 0 aliphatic carbocycles. The first kappa shape index (κ1) is 29.4. The quantitative estimate of drug-likeness (QED) is 0.211. The highest BCUT2D eigenvalue weighted by molar-refractivity contribution is 7.21. The summed E-state index contributed by atoms with van der Waals surface area (Å²) in [5, 5.41) is 11.7. The van der Waals surface area contributed by atoms with E-state index in [1.807, 2.05) is 6.92 Å². The third-order valence-electron chi connectivity index (χ3n) is 6.53. The van der Waals surface area contributed by atoms with Crippen LogP contribution in [0.25, 0.3) is 21.3 Å². The molecule has 43 heavy (non-hydrogen) atoms. The van der Waals surface area contributed by atoms with Gasteiger partial charge >= 0.3 is 0 Å². The summed E-state index contributed by atoms with van der Waals surface area (Å²) in [7, 11) is 3.00. The number of rotatable bonds is 11. The number of para-hydroxylation sites is 1. The van der Waals surface area contributed by atoms with E-state index in [2.05, 4.69) is 20.5 Å². The van der Waals surface area contributed by atoms with Gasteiger partial charge < -0.3 is 25.3 Å². The second kappa shape index (κ2) is 12.1. The Morgan fingerprint density at radius 2 is 1.81 bits per heavy atom. The van der Waals surface area contributed by atoms with Crippen molar-refractivity contribution in [2.45, 2.75) is 33.5 Å². The molecule has 0 saturated heterocycles. The Morgan fingerprint density at radius 3 is 2.42 bits per heavy atom. The molecule has 4 heterocycles. The molecule has 0 bridgehead atoms. The molecule has 15 heteroatoms. The van der Waals surface area contributed by atoms with Gasteiger partial charge in [-0.1, -0.05) is 6.07 Å². The van der Waals surface area contributed by atoms with Crippen LogP contribution in [0.2, 0.25) is 0 Å². The first-order valence-corrected chi connectivity index (χ1v) is 13.7. The summed E-state index contributed by atoms with van der Waals surface area (Å²) >= 11 is 0.816. The van der Waals surface area contributed by atoms with E-state index >= 15 is 0 Å². The van der Waals surface area contributed by atoms with Crippen LogP contribution in [-0.2, 0) is 13.3 Å². The minimum atomic E-state index is -2.87. The molecular weight excluding hydrogens is 584 g/mol. The summed E-state index contributed by atoms with van der Waals surface area (Å²) < 4.78 is 47.2. The van der Waals surface area contributed by atoms with Crippen molar-refractivity contribution in [1.29, 1.82) is 0 Å². The Bertz CT molecular complexity index is 1810. The Balaban J connectivity index is 1.50. The molecule has 12 nitrogen and oxygen atoms in total. The zero-order chi connectivity index (χ0) is 30.8. The smallest absolute Gasteiger partial charge is 0.280 e. The van der Waals surface area contributed by atoms with Crippen LogP contribution in [0.4, 0.5) is 14.5 Å². The number of benzene rings is 1. The molecule has 0 aliphatic rings. The largest absolute Gasteiger partial charge is 0.493 e. The first-order chi connectivity index (χ1) is 20.6. The predicted molar refractivity (Wildman–Crippen MR) is 155 cm³/mol. The van der Waals surface area contributed by atoms with Crippen LogP contribution < -0.4 is 25.3 Å². The van der Waals surface area contributed by atoms with E-state index < -0.39 is 23.9 Å². The average molecular weight is 612 g/mol. The average Bonchev–Trinajstić information content (AvgIpc) is 3.72. The predicted octanol–water partition coefficient (Wildman–Crippen LogP) is 5.03. The van der Waals surface area contributed by atoms with Gasteiger partial charge in [-0.2, -0.15) is 10.2 Å². The molecule has 0 fully saturated rings. The highest BCUT2D eigenvalue weighted by Crippen LogP contribution is 2.43. The second-order valence-corrected chi connectivity index (χ2v) is 10.2. The van der Waals surface area contributed by atoms with Crippen molar-refractivity contribution in [1.82, 2.24) is 24.5 Å². The fourth-order valence-corrected chi connectivity index (χ4v) is 5.52. The van der Waals surface area contributed by atoms with Gasteiger partial charge in [-0.15, -0.1) is 11.3 Å². The Hall–Kier alpha value is -5.05. The van der Waals surface area contributed by atoms with Crippen molar-refractivity contribution < 1.29 is 32.6 Å². The Morgan fingerprint density at radius 1 is 1.09 bits per heavy atom. The maximum atomic E-state index is 13.8. The van der Waals surface area contributed by atoms with Gasteiger partial charge in [-0.25, -0.2) is 18.4 Å². The summed E-state index contributed by atoms with van der Waals surface area (Å²) in [6.45, 7) is 4.10. The van der Waals surface area contributed by atoms with Crippen molar-refractivity contribution in [3.8, 4) is 28.4 Å². The van der Waals surface area contributed by atoms with Crippen LogP contribution >= 0.6 is 11.3 Å². The fourth-order valence-electron chi connectivity index (χ4n) is 4.50. The molecule has 0 radical (unpaired) electrons. The number of thiophene rings is 1. The van der Waals surface area contributed by atoms with Crippen LogP contribution in [0.5, 0.6) is 17.2 Å². The number of ether oxygens (including phenoxy) is 3. The van der Waals surface area contributed by atoms with Gasteiger partial charge in [0.1, 0.15) is 15.4 Å². The SMILES string of the molecule is CCn1cc(-c2cc(C(F)F)nc3sc(C(N)=O)c(NC(=O)c4ccn(COc5c(OC)cccc5OC)n4)c23)c(C)n1. The lowest BCUT2D eigenvalue weighted by molar-refractivity contribution is 0.100. The lowest BCUT2D eigenvalue weighted by Crippen LogP contribution is -2.18. The van der Waals surface area contributed by atoms with E-state index in [9.17, 15) is 18.4 Å². The molecule has 0 spiro atoms. The Kier molecular flexibility index (Phi) is 8.25. The number of nitrogens with one attached hydrogen (secondary N) is 1. The van der Waals surface area contributed by atoms with Gasteiger partial charge in [0, 0.05) is 29.9 Å². The molecule has 0 atom stereocenters. The molecule has 0 saturated carbocycles. The number of primary amides is 1. The number of halogens is 2. The van der Waals surface area contributed by atoms with Gasteiger partial charge in [0.15, 0.2) is 23.9 Å². The summed E-state index contributed by atoms with van der Waals surface area (Å²) in [5.74, 6) is -0.261. The van der Waals surface area contributed by atoms with Gasteiger partial charge in [-0.05, 0) is 43.7 Å². The molecule has 1 aromatic carbocycles. The number of carbonyl (C=O) groups excluding carboxylic acids is 2. The van der Waals surface area contributed by atoms with E-state index in [4.69, 9.17) is 19.9 Å². The second-order valence-electron chi connectivity index (χ2n) is 9.19. The number of nitrogens with two attached hydrogens (primary N) is 1. The van der Waals surface area contributed by atoms with Gasteiger partial charge in [0.05, 0.1) is 25.6 Å². The van der Waals surface area contributed by atoms with Gasteiger partial charge in [0.2, 0.25) is 5.75 Å². The van der Waals surface area contributed by atoms with E-state index in [1.54, 1.807) is 36.0 Å². The summed E-state index contributed by atoms with van der Waals surface area (Å²) in [6.07, 6.45) is 0.372. The Labute approximate surface area is 248 Å². The van der Waals surface area contributed by atoms with Crippen LogP contribution in [0.3, 0.4) is 0 Å². The monoisotopic (exact) mass is 611 g/mol. The number of anilines is 1. The number of pyridine rings is 1. The highest BCUT2D eigenvalue weighted by Gasteiger charge is 2.27. The standard InChI is InChI=1S/C28H27F2N7O5S/c1-5-36-12-16(14(2)34-36)15-11-18(25(29)30)32-28-21(15)22(24(43-28)26(31)38)33-27(39)17-9-10-37(35-17)13-42-23-19(40-3)7-6-8-20(23)41-4/h6-12,25H,5,13H2,1-4H3,(H2,31,38)(H,33,39). The molecule has 2 amide bonds. The van der Waals surface area contributed by atoms with Crippen LogP contribution in [-0.4, -0.2) is 50.6 Å². The van der Waals surface area contributed by atoms with Crippen LogP contribution in [0.15, 0.2) is 42.7 Å². The number of aryl methyl sites for hydroxylation is 2. The van der Waals surface area contributed by atoms with Gasteiger partial charge in [0.25, 0.3) is 18.2 Å². The van der Waals surface area contributed by atoms with E-state index in [1.165, 1.54) is 37.2 Å². The minimum absolute atomic E-state index is 0.000875. The van der Waals surface area contributed by atoms with Crippen LogP contribution in [0, 0.1) is 6.92 Å². The molecule has 224 valence electrons. The normalized spacial score (nSPS) is 11.2. The molecule has 0 unspecified atom stereocenters.